The molecule has 0 atom stereocenters. The lowest BCUT2D eigenvalue weighted by Gasteiger charge is -2.24. The van der Waals surface area contributed by atoms with E-state index in [9.17, 15) is 4.39 Å². The molecule has 0 bridgehead atoms. The fourth-order valence-electron chi connectivity index (χ4n) is 1.63. The van der Waals surface area contributed by atoms with E-state index in [0.717, 1.165) is 19.6 Å². The number of aromatic nitrogens is 2. The molecular weight excluding hydrogens is 219 g/mol. The summed E-state index contributed by atoms with van der Waals surface area (Å²) in [7, 11) is 0. The summed E-state index contributed by atoms with van der Waals surface area (Å²) in [5, 5.41) is 2.99. The second-order valence-corrected chi connectivity index (χ2v) is 4.33. The van der Waals surface area contributed by atoms with Gasteiger partial charge >= 0.3 is 0 Å². The maximum absolute atomic E-state index is 13.7. The Bertz CT molecular complexity index is 354. The summed E-state index contributed by atoms with van der Waals surface area (Å²) < 4.78 is 13.7. The molecule has 0 fully saturated rings. The van der Waals surface area contributed by atoms with Crippen LogP contribution in [0.2, 0.25) is 0 Å². The summed E-state index contributed by atoms with van der Waals surface area (Å²) in [6.45, 7) is 10.4. The normalized spacial score (nSPS) is 10.7. The van der Waals surface area contributed by atoms with Crippen LogP contribution in [-0.4, -0.2) is 29.6 Å². The first-order valence-corrected chi connectivity index (χ1v) is 6.09. The predicted molar refractivity (Wildman–Crippen MR) is 68.9 cm³/mol. The average molecular weight is 240 g/mol. The van der Waals surface area contributed by atoms with Gasteiger partial charge in [-0.2, -0.15) is 4.98 Å². The molecule has 0 unspecified atom stereocenters. The van der Waals surface area contributed by atoms with Gasteiger partial charge in [-0.25, -0.2) is 9.37 Å². The molecule has 1 aromatic heterocycles. The number of hydrogen-bond acceptors (Lipinski definition) is 4. The zero-order valence-electron chi connectivity index (χ0n) is 11.0. The molecule has 5 heteroatoms. The van der Waals surface area contributed by atoms with Gasteiger partial charge in [-0.3, -0.25) is 0 Å². The quantitative estimate of drug-likeness (QED) is 0.829. The maximum atomic E-state index is 13.7. The summed E-state index contributed by atoms with van der Waals surface area (Å²) in [5.41, 5.74) is 0. The van der Waals surface area contributed by atoms with Gasteiger partial charge in [0.25, 0.3) is 0 Å². The summed E-state index contributed by atoms with van der Waals surface area (Å²) in [6.07, 6.45) is 1.23. The van der Waals surface area contributed by atoms with Gasteiger partial charge in [0.05, 0.1) is 6.20 Å². The Hall–Kier alpha value is -1.39. The third kappa shape index (κ3) is 3.84. The molecule has 96 valence electrons. The van der Waals surface area contributed by atoms with Gasteiger partial charge in [0, 0.05) is 19.6 Å². The first-order valence-electron chi connectivity index (χ1n) is 6.09. The van der Waals surface area contributed by atoms with Gasteiger partial charge < -0.3 is 10.2 Å². The van der Waals surface area contributed by atoms with Gasteiger partial charge in [0.2, 0.25) is 5.95 Å². The Morgan fingerprint density at radius 1 is 1.41 bits per heavy atom. The zero-order valence-corrected chi connectivity index (χ0v) is 11.0. The second-order valence-electron chi connectivity index (χ2n) is 4.33. The van der Waals surface area contributed by atoms with Crippen molar-refractivity contribution in [3.63, 3.8) is 0 Å². The first kappa shape index (κ1) is 13.7. The number of anilines is 2. The molecular formula is C12H21FN4. The van der Waals surface area contributed by atoms with Gasteiger partial charge in [-0.15, -0.1) is 0 Å². The Kier molecular flexibility index (Phi) is 5.12. The standard InChI is InChI=1S/C12H21FN4/c1-5-14-12-15-7-10(13)11(16-12)17(6-2)8-9(3)4/h7,9H,5-6,8H2,1-4H3,(H,14,15,16). The average Bonchev–Trinajstić information content (AvgIpc) is 2.29. The minimum atomic E-state index is -0.367. The number of rotatable bonds is 6. The van der Waals surface area contributed by atoms with Crippen LogP contribution in [0.25, 0.3) is 0 Å². The summed E-state index contributed by atoms with van der Waals surface area (Å²) in [6, 6.07) is 0. The van der Waals surface area contributed by atoms with Crippen molar-refractivity contribution in [3.8, 4) is 0 Å². The molecule has 0 aliphatic heterocycles. The van der Waals surface area contributed by atoms with E-state index >= 15 is 0 Å². The summed E-state index contributed by atoms with van der Waals surface area (Å²) in [5.74, 6) is 0.958. The number of nitrogens with zero attached hydrogens (tertiary/aromatic N) is 3. The van der Waals surface area contributed by atoms with Crippen molar-refractivity contribution in [3.05, 3.63) is 12.0 Å². The van der Waals surface area contributed by atoms with Crippen molar-refractivity contribution >= 4 is 11.8 Å². The molecule has 0 spiro atoms. The fourth-order valence-corrected chi connectivity index (χ4v) is 1.63. The van der Waals surface area contributed by atoms with Gasteiger partial charge in [-0.1, -0.05) is 13.8 Å². The van der Waals surface area contributed by atoms with Crippen LogP contribution in [0.4, 0.5) is 16.2 Å². The van der Waals surface area contributed by atoms with Crippen molar-refractivity contribution in [2.45, 2.75) is 27.7 Å². The highest BCUT2D eigenvalue weighted by Crippen LogP contribution is 2.18. The van der Waals surface area contributed by atoms with E-state index in [1.54, 1.807) is 0 Å². The van der Waals surface area contributed by atoms with Gasteiger partial charge in [-0.05, 0) is 19.8 Å². The number of halogens is 1. The van der Waals surface area contributed by atoms with Crippen molar-refractivity contribution in [1.82, 2.24) is 9.97 Å². The van der Waals surface area contributed by atoms with Crippen LogP contribution >= 0.6 is 0 Å². The van der Waals surface area contributed by atoms with Crippen molar-refractivity contribution in [2.75, 3.05) is 29.9 Å². The van der Waals surface area contributed by atoms with Crippen LogP contribution in [0.3, 0.4) is 0 Å². The smallest absolute Gasteiger partial charge is 0.224 e. The van der Waals surface area contributed by atoms with E-state index in [1.165, 1.54) is 6.20 Å². The molecule has 17 heavy (non-hydrogen) atoms. The van der Waals surface area contributed by atoms with E-state index in [1.807, 2.05) is 18.7 Å². The van der Waals surface area contributed by atoms with Gasteiger partial charge in [0.1, 0.15) is 0 Å². The number of nitrogens with one attached hydrogen (secondary N) is 1. The van der Waals surface area contributed by atoms with E-state index in [2.05, 4.69) is 29.1 Å². The van der Waals surface area contributed by atoms with Crippen molar-refractivity contribution in [2.24, 2.45) is 5.92 Å². The van der Waals surface area contributed by atoms with E-state index in [4.69, 9.17) is 0 Å². The topological polar surface area (TPSA) is 41.1 Å². The highest BCUT2D eigenvalue weighted by Gasteiger charge is 2.14. The minimum Gasteiger partial charge on any atom is -0.354 e. The van der Waals surface area contributed by atoms with Crippen LogP contribution in [0.15, 0.2) is 6.20 Å². The molecule has 4 nitrogen and oxygen atoms in total. The van der Waals surface area contributed by atoms with Crippen LogP contribution in [0, 0.1) is 11.7 Å². The summed E-state index contributed by atoms with van der Waals surface area (Å²) >= 11 is 0. The summed E-state index contributed by atoms with van der Waals surface area (Å²) in [4.78, 5) is 10.0. The minimum absolute atomic E-state index is 0.367. The molecule has 0 aromatic carbocycles. The third-order valence-electron chi connectivity index (χ3n) is 2.33. The molecule has 1 N–H and O–H groups in total. The Labute approximate surface area is 102 Å². The van der Waals surface area contributed by atoms with Crippen LogP contribution in [0.1, 0.15) is 27.7 Å². The highest BCUT2D eigenvalue weighted by atomic mass is 19.1. The molecule has 0 saturated carbocycles. The molecule has 1 aromatic rings. The van der Waals surface area contributed by atoms with Crippen LogP contribution in [-0.2, 0) is 0 Å². The largest absolute Gasteiger partial charge is 0.354 e. The molecule has 0 aliphatic carbocycles. The first-order chi connectivity index (χ1) is 8.08. The maximum Gasteiger partial charge on any atom is 0.224 e. The molecule has 0 amide bonds. The van der Waals surface area contributed by atoms with E-state index in [0.29, 0.717) is 17.7 Å². The van der Waals surface area contributed by atoms with E-state index in [-0.39, 0.29) is 5.82 Å². The SMILES string of the molecule is CCNc1ncc(F)c(N(CC)CC(C)C)n1. The van der Waals surface area contributed by atoms with Crippen LogP contribution < -0.4 is 10.2 Å². The Morgan fingerprint density at radius 2 is 2.12 bits per heavy atom. The molecule has 1 heterocycles. The molecule has 1 rings (SSSR count). The monoisotopic (exact) mass is 240 g/mol. The van der Waals surface area contributed by atoms with Crippen molar-refractivity contribution < 1.29 is 4.39 Å². The molecule has 0 radical (unpaired) electrons. The van der Waals surface area contributed by atoms with Crippen molar-refractivity contribution in [1.29, 1.82) is 0 Å². The zero-order chi connectivity index (χ0) is 12.8. The Morgan fingerprint density at radius 3 is 2.65 bits per heavy atom. The third-order valence-corrected chi connectivity index (χ3v) is 2.33. The fraction of sp³-hybridized carbons (Fsp3) is 0.667. The Balaban J connectivity index is 2.95. The van der Waals surface area contributed by atoms with Crippen LogP contribution in [0.5, 0.6) is 0 Å². The second kappa shape index (κ2) is 6.37. The lowest BCUT2D eigenvalue weighted by Crippen LogP contribution is -2.29. The van der Waals surface area contributed by atoms with E-state index < -0.39 is 0 Å². The lowest BCUT2D eigenvalue weighted by atomic mass is 10.2. The predicted octanol–water partition coefficient (Wildman–Crippen LogP) is 2.53. The lowest BCUT2D eigenvalue weighted by molar-refractivity contribution is 0.574. The molecule has 0 saturated heterocycles. The number of hydrogen-bond donors (Lipinski definition) is 1. The highest BCUT2D eigenvalue weighted by molar-refractivity contribution is 5.43. The molecule has 0 aliphatic rings. The van der Waals surface area contributed by atoms with Gasteiger partial charge in [0.15, 0.2) is 11.6 Å².